The summed E-state index contributed by atoms with van der Waals surface area (Å²) in [4.78, 5) is 22.8. The van der Waals surface area contributed by atoms with Gasteiger partial charge in [0.1, 0.15) is 5.60 Å². The SMILES string of the molecule is CC(C)(C)OC(=O)[C@H](Nc1ccccc1)C(=O)O. The fraction of sp³-hybridized carbons (Fsp3) is 0.385. The first-order valence-corrected chi connectivity index (χ1v) is 5.57. The van der Waals surface area contributed by atoms with Crippen LogP contribution in [0.2, 0.25) is 0 Å². The third-order valence-electron chi connectivity index (χ3n) is 1.97. The molecule has 0 saturated heterocycles. The number of hydrogen-bond acceptors (Lipinski definition) is 4. The van der Waals surface area contributed by atoms with Crippen LogP contribution in [0.4, 0.5) is 5.69 Å². The zero-order valence-corrected chi connectivity index (χ0v) is 10.6. The number of anilines is 1. The first-order valence-electron chi connectivity index (χ1n) is 5.57. The van der Waals surface area contributed by atoms with Gasteiger partial charge in [-0.25, -0.2) is 9.59 Å². The maximum atomic E-state index is 11.7. The van der Waals surface area contributed by atoms with E-state index in [0.29, 0.717) is 5.69 Å². The van der Waals surface area contributed by atoms with Crippen LogP contribution in [0.3, 0.4) is 0 Å². The second-order valence-corrected chi connectivity index (χ2v) is 4.82. The lowest BCUT2D eigenvalue weighted by atomic mass is 10.2. The Morgan fingerprint density at radius 3 is 2.22 bits per heavy atom. The van der Waals surface area contributed by atoms with Gasteiger partial charge >= 0.3 is 11.9 Å². The van der Waals surface area contributed by atoms with Gasteiger partial charge in [-0.05, 0) is 32.9 Å². The van der Waals surface area contributed by atoms with Crippen molar-refractivity contribution in [2.75, 3.05) is 5.32 Å². The number of carbonyl (C=O) groups excluding carboxylic acids is 1. The van der Waals surface area contributed by atoms with Crippen molar-refractivity contribution in [3.8, 4) is 0 Å². The molecule has 5 nitrogen and oxygen atoms in total. The fourth-order valence-corrected chi connectivity index (χ4v) is 1.28. The Morgan fingerprint density at radius 1 is 1.22 bits per heavy atom. The summed E-state index contributed by atoms with van der Waals surface area (Å²) in [5.41, 5.74) is -0.167. The van der Waals surface area contributed by atoms with Gasteiger partial charge in [-0.15, -0.1) is 0 Å². The number of carbonyl (C=O) groups is 2. The number of esters is 1. The van der Waals surface area contributed by atoms with Crippen molar-refractivity contribution in [3.63, 3.8) is 0 Å². The lowest BCUT2D eigenvalue weighted by molar-refractivity contribution is -0.160. The number of benzene rings is 1. The van der Waals surface area contributed by atoms with E-state index in [2.05, 4.69) is 5.32 Å². The van der Waals surface area contributed by atoms with E-state index in [1.54, 1.807) is 51.1 Å². The van der Waals surface area contributed by atoms with E-state index in [-0.39, 0.29) is 0 Å². The van der Waals surface area contributed by atoms with E-state index >= 15 is 0 Å². The molecule has 0 saturated carbocycles. The molecule has 1 rings (SSSR count). The molecule has 0 aliphatic heterocycles. The molecular weight excluding hydrogens is 234 g/mol. The second kappa shape index (κ2) is 5.53. The number of carboxylic acids is 1. The van der Waals surface area contributed by atoms with Gasteiger partial charge in [-0.1, -0.05) is 18.2 Å². The summed E-state index contributed by atoms with van der Waals surface area (Å²) in [6, 6.07) is 7.24. The largest absolute Gasteiger partial charge is 0.479 e. The van der Waals surface area contributed by atoms with Crippen molar-refractivity contribution in [3.05, 3.63) is 30.3 Å². The van der Waals surface area contributed by atoms with Gasteiger partial charge in [0.15, 0.2) is 0 Å². The summed E-state index contributed by atoms with van der Waals surface area (Å²) in [7, 11) is 0. The molecule has 0 aliphatic carbocycles. The van der Waals surface area contributed by atoms with E-state index < -0.39 is 23.6 Å². The van der Waals surface area contributed by atoms with Gasteiger partial charge in [0.25, 0.3) is 0 Å². The zero-order chi connectivity index (χ0) is 13.8. The maximum absolute atomic E-state index is 11.7. The molecule has 0 aromatic heterocycles. The van der Waals surface area contributed by atoms with Crippen molar-refractivity contribution in [2.24, 2.45) is 0 Å². The second-order valence-electron chi connectivity index (χ2n) is 4.82. The van der Waals surface area contributed by atoms with E-state index in [0.717, 1.165) is 0 Å². The summed E-state index contributed by atoms with van der Waals surface area (Å²) >= 11 is 0. The maximum Gasteiger partial charge on any atom is 0.340 e. The van der Waals surface area contributed by atoms with Crippen molar-refractivity contribution in [1.29, 1.82) is 0 Å². The predicted molar refractivity (Wildman–Crippen MR) is 67.3 cm³/mol. The number of rotatable bonds is 4. The Hall–Kier alpha value is -2.04. The molecule has 0 bridgehead atoms. The van der Waals surface area contributed by atoms with Gasteiger partial charge in [0, 0.05) is 5.69 Å². The molecule has 0 fully saturated rings. The van der Waals surface area contributed by atoms with Crippen LogP contribution in [0.1, 0.15) is 20.8 Å². The number of carboxylic acid groups (broad SMARTS) is 1. The Morgan fingerprint density at radius 2 is 1.78 bits per heavy atom. The number of ether oxygens (including phenoxy) is 1. The van der Waals surface area contributed by atoms with Crippen LogP contribution in [0.15, 0.2) is 30.3 Å². The molecule has 0 amide bonds. The van der Waals surface area contributed by atoms with Crippen LogP contribution in [0.25, 0.3) is 0 Å². The number of para-hydroxylation sites is 1. The molecule has 98 valence electrons. The van der Waals surface area contributed by atoms with E-state index in [4.69, 9.17) is 9.84 Å². The third kappa shape index (κ3) is 4.45. The molecule has 1 atom stereocenters. The molecule has 5 heteroatoms. The monoisotopic (exact) mass is 251 g/mol. The van der Waals surface area contributed by atoms with Crippen LogP contribution in [-0.4, -0.2) is 28.7 Å². The standard InChI is InChI=1S/C13H17NO4/c1-13(2,3)18-12(17)10(11(15)16)14-9-7-5-4-6-8-9/h4-8,10,14H,1-3H3,(H,15,16)/t10-/m1/s1. The van der Waals surface area contributed by atoms with Crippen LogP contribution in [0, 0.1) is 0 Å². The van der Waals surface area contributed by atoms with Gasteiger partial charge in [0.05, 0.1) is 0 Å². The van der Waals surface area contributed by atoms with Crippen LogP contribution < -0.4 is 5.32 Å². The molecular formula is C13H17NO4. The van der Waals surface area contributed by atoms with Crippen LogP contribution in [-0.2, 0) is 14.3 Å². The first-order chi connectivity index (χ1) is 8.29. The van der Waals surface area contributed by atoms with E-state index in [9.17, 15) is 9.59 Å². The molecule has 0 unspecified atom stereocenters. The Bertz CT molecular complexity index is 422. The highest BCUT2D eigenvalue weighted by molar-refractivity contribution is 6.01. The van der Waals surface area contributed by atoms with Crippen molar-refractivity contribution < 1.29 is 19.4 Å². The Balaban J connectivity index is 2.78. The molecule has 1 aromatic carbocycles. The summed E-state index contributed by atoms with van der Waals surface area (Å²) in [6.45, 7) is 5.06. The predicted octanol–water partition coefficient (Wildman–Crippen LogP) is 1.89. The average Bonchev–Trinajstić information content (AvgIpc) is 2.24. The summed E-state index contributed by atoms with van der Waals surface area (Å²) < 4.78 is 5.05. The normalized spacial score (nSPS) is 12.6. The van der Waals surface area contributed by atoms with E-state index in [1.165, 1.54) is 0 Å². The lowest BCUT2D eigenvalue weighted by Gasteiger charge is -2.23. The lowest BCUT2D eigenvalue weighted by Crippen LogP contribution is -2.42. The molecule has 2 N–H and O–H groups in total. The van der Waals surface area contributed by atoms with Crippen LogP contribution >= 0.6 is 0 Å². The van der Waals surface area contributed by atoms with E-state index in [1.807, 2.05) is 0 Å². The Labute approximate surface area is 106 Å². The third-order valence-corrected chi connectivity index (χ3v) is 1.97. The van der Waals surface area contributed by atoms with Crippen molar-refractivity contribution in [2.45, 2.75) is 32.4 Å². The number of aliphatic carboxylic acids is 1. The quantitative estimate of drug-likeness (QED) is 0.631. The summed E-state index contributed by atoms with van der Waals surface area (Å²) in [6.07, 6.45) is 0. The van der Waals surface area contributed by atoms with Gasteiger partial charge in [-0.3, -0.25) is 0 Å². The van der Waals surface area contributed by atoms with Crippen molar-refractivity contribution >= 4 is 17.6 Å². The van der Waals surface area contributed by atoms with Crippen LogP contribution in [0.5, 0.6) is 0 Å². The molecule has 0 aliphatic rings. The first kappa shape index (κ1) is 14.0. The number of nitrogens with one attached hydrogen (secondary N) is 1. The zero-order valence-electron chi connectivity index (χ0n) is 10.6. The molecule has 0 radical (unpaired) electrons. The minimum Gasteiger partial charge on any atom is -0.479 e. The topological polar surface area (TPSA) is 75.6 Å². The highest BCUT2D eigenvalue weighted by atomic mass is 16.6. The minimum atomic E-state index is -1.41. The van der Waals surface area contributed by atoms with Gasteiger partial charge in [-0.2, -0.15) is 0 Å². The summed E-state index contributed by atoms with van der Waals surface area (Å²) in [5, 5.41) is 11.7. The molecule has 1 aromatic rings. The Kier molecular flexibility index (Phi) is 4.31. The number of hydrogen-bond donors (Lipinski definition) is 2. The smallest absolute Gasteiger partial charge is 0.340 e. The highest BCUT2D eigenvalue weighted by Gasteiger charge is 2.30. The molecule has 0 heterocycles. The minimum absolute atomic E-state index is 0.552. The molecule has 18 heavy (non-hydrogen) atoms. The van der Waals surface area contributed by atoms with Gasteiger partial charge < -0.3 is 15.2 Å². The van der Waals surface area contributed by atoms with Gasteiger partial charge in [0.2, 0.25) is 6.04 Å². The average molecular weight is 251 g/mol. The fourth-order valence-electron chi connectivity index (χ4n) is 1.28. The van der Waals surface area contributed by atoms with Crippen molar-refractivity contribution in [1.82, 2.24) is 0 Å². The summed E-state index contributed by atoms with van der Waals surface area (Å²) in [5.74, 6) is -2.08. The highest BCUT2D eigenvalue weighted by Crippen LogP contribution is 2.12. The molecule has 0 spiro atoms.